The number of aryl methyl sites for hydroxylation is 2. The summed E-state index contributed by atoms with van der Waals surface area (Å²) < 4.78 is 26.5. The first-order valence-corrected chi connectivity index (χ1v) is 13.4. The van der Waals surface area contributed by atoms with Gasteiger partial charge in [-0.2, -0.15) is 4.39 Å². The third-order valence-corrected chi connectivity index (χ3v) is 8.18. The van der Waals surface area contributed by atoms with E-state index in [0.717, 1.165) is 54.1 Å². The van der Waals surface area contributed by atoms with Gasteiger partial charge in [0.25, 0.3) is 0 Å². The number of fused-ring (bicyclic) bond motifs is 4. The Bertz CT molecular complexity index is 1750. The molecule has 0 radical (unpaired) electrons. The molecule has 0 amide bonds. The second kappa shape index (κ2) is 9.40. The topological polar surface area (TPSA) is 18.5 Å². The SMILES string of the molecule is COC(C)(C)C#Cc1c2cc3cc(F)sc3cc2c(C#CC(C)(C)OC)c2cc3c(C)ccc(C)c3cc12. The minimum atomic E-state index is -0.623. The van der Waals surface area contributed by atoms with Gasteiger partial charge < -0.3 is 9.47 Å². The monoisotopic (exact) mass is 522 g/mol. The lowest BCUT2D eigenvalue weighted by atomic mass is 9.87. The van der Waals surface area contributed by atoms with E-state index in [1.54, 1.807) is 20.3 Å². The zero-order valence-corrected chi connectivity index (χ0v) is 24.0. The Labute approximate surface area is 227 Å². The fraction of sp³-hybridized carbons (Fsp3) is 0.294. The molecule has 0 spiro atoms. The number of rotatable bonds is 2. The first-order valence-electron chi connectivity index (χ1n) is 12.6. The summed E-state index contributed by atoms with van der Waals surface area (Å²) in [7, 11) is 3.33. The van der Waals surface area contributed by atoms with Crippen LogP contribution >= 0.6 is 11.3 Å². The Balaban J connectivity index is 2.06. The highest BCUT2D eigenvalue weighted by molar-refractivity contribution is 7.17. The molecule has 0 atom stereocenters. The van der Waals surface area contributed by atoms with Crippen LogP contribution in [0, 0.1) is 42.7 Å². The van der Waals surface area contributed by atoms with Crippen LogP contribution in [0.15, 0.2) is 42.5 Å². The number of ether oxygens (including phenoxy) is 2. The van der Waals surface area contributed by atoms with E-state index >= 15 is 0 Å². The Morgan fingerprint density at radius 1 is 0.658 bits per heavy atom. The van der Waals surface area contributed by atoms with Crippen molar-refractivity contribution in [1.82, 2.24) is 0 Å². The van der Waals surface area contributed by atoms with Crippen molar-refractivity contribution in [3.63, 3.8) is 0 Å². The predicted molar refractivity (Wildman–Crippen MR) is 160 cm³/mol. The van der Waals surface area contributed by atoms with Gasteiger partial charge in [0.05, 0.1) is 0 Å². The lowest BCUT2D eigenvalue weighted by Crippen LogP contribution is -2.19. The molecule has 0 unspecified atom stereocenters. The minimum absolute atomic E-state index is 0.210. The van der Waals surface area contributed by atoms with Gasteiger partial charge >= 0.3 is 0 Å². The van der Waals surface area contributed by atoms with Gasteiger partial charge in [-0.05, 0) is 115 Å². The second-order valence-corrected chi connectivity index (χ2v) is 11.8. The molecule has 4 heteroatoms. The van der Waals surface area contributed by atoms with Crippen LogP contribution in [0.25, 0.3) is 42.4 Å². The fourth-order valence-corrected chi connectivity index (χ4v) is 5.46. The molecule has 2 nitrogen and oxygen atoms in total. The lowest BCUT2D eigenvalue weighted by molar-refractivity contribution is 0.0739. The third-order valence-electron chi connectivity index (χ3n) is 7.29. The van der Waals surface area contributed by atoms with Crippen molar-refractivity contribution in [3.05, 3.63) is 69.8 Å². The van der Waals surface area contributed by atoms with Gasteiger partial charge in [0.15, 0.2) is 5.13 Å². The van der Waals surface area contributed by atoms with Crippen LogP contribution in [-0.2, 0) is 9.47 Å². The van der Waals surface area contributed by atoms with Crippen molar-refractivity contribution in [1.29, 1.82) is 0 Å². The second-order valence-electron chi connectivity index (χ2n) is 10.8. The van der Waals surface area contributed by atoms with Crippen LogP contribution < -0.4 is 0 Å². The van der Waals surface area contributed by atoms with Gasteiger partial charge in [-0.15, -0.1) is 11.3 Å². The first kappa shape index (κ1) is 26.2. The van der Waals surface area contributed by atoms with Crippen molar-refractivity contribution in [2.45, 2.75) is 52.7 Å². The zero-order valence-electron chi connectivity index (χ0n) is 23.1. The highest BCUT2D eigenvalue weighted by Gasteiger charge is 2.19. The van der Waals surface area contributed by atoms with E-state index in [2.05, 4.69) is 67.9 Å². The van der Waals surface area contributed by atoms with E-state index in [-0.39, 0.29) is 5.13 Å². The van der Waals surface area contributed by atoms with Crippen LogP contribution in [-0.4, -0.2) is 25.4 Å². The van der Waals surface area contributed by atoms with E-state index in [9.17, 15) is 4.39 Å². The highest BCUT2D eigenvalue weighted by Crippen LogP contribution is 2.39. The number of hydrogen-bond acceptors (Lipinski definition) is 3. The van der Waals surface area contributed by atoms with Crippen molar-refractivity contribution in [2.75, 3.05) is 14.2 Å². The molecule has 0 saturated heterocycles. The Morgan fingerprint density at radius 2 is 1.11 bits per heavy atom. The Hall–Kier alpha value is -3.41. The molecular weight excluding hydrogens is 491 g/mol. The van der Waals surface area contributed by atoms with Crippen LogP contribution in [0.3, 0.4) is 0 Å². The van der Waals surface area contributed by atoms with E-state index in [4.69, 9.17) is 9.47 Å². The third kappa shape index (κ3) is 4.65. The predicted octanol–water partition coefficient (Wildman–Crippen LogP) is 8.67. The molecule has 0 bridgehead atoms. The Kier molecular flexibility index (Phi) is 6.49. The molecule has 5 aromatic rings. The summed E-state index contributed by atoms with van der Waals surface area (Å²) >= 11 is 1.15. The minimum Gasteiger partial charge on any atom is -0.366 e. The van der Waals surface area contributed by atoms with Crippen LogP contribution in [0.1, 0.15) is 49.9 Å². The summed E-state index contributed by atoms with van der Waals surface area (Å²) in [6.07, 6.45) is 0. The molecule has 38 heavy (non-hydrogen) atoms. The molecule has 1 heterocycles. The van der Waals surface area contributed by atoms with E-state index in [0.29, 0.717) is 0 Å². The van der Waals surface area contributed by atoms with Crippen LogP contribution in [0.4, 0.5) is 4.39 Å². The summed E-state index contributed by atoms with van der Waals surface area (Å²) in [6.45, 7) is 12.1. The van der Waals surface area contributed by atoms with Gasteiger partial charge in [-0.1, -0.05) is 35.8 Å². The molecule has 192 valence electrons. The van der Waals surface area contributed by atoms with Gasteiger partial charge in [0.1, 0.15) is 11.2 Å². The molecule has 4 aromatic carbocycles. The van der Waals surface area contributed by atoms with Gasteiger partial charge in [-0.3, -0.25) is 0 Å². The molecule has 0 fully saturated rings. The lowest BCUT2D eigenvalue weighted by Gasteiger charge is -2.17. The number of thiophene rings is 1. The standard InChI is InChI=1S/C34H31FO2S/c1-20-9-10-21(2)26-18-29-24(12-14-34(5,6)37-8)30-19-31-22(16-32(35)38-31)15-27(30)23(28(29)17-25(20)26)11-13-33(3,4)36-7/h9-10,15-19H,1-8H3. The first-order chi connectivity index (χ1) is 17.9. The van der Waals surface area contributed by atoms with Crippen LogP contribution in [0.2, 0.25) is 0 Å². The largest absolute Gasteiger partial charge is 0.366 e. The van der Waals surface area contributed by atoms with Crippen molar-refractivity contribution >= 4 is 53.7 Å². The van der Waals surface area contributed by atoms with E-state index < -0.39 is 11.2 Å². The van der Waals surface area contributed by atoms with E-state index in [1.165, 1.54) is 21.9 Å². The maximum atomic E-state index is 14.4. The molecule has 0 aliphatic heterocycles. The number of benzene rings is 4. The fourth-order valence-electron chi connectivity index (χ4n) is 4.65. The summed E-state index contributed by atoms with van der Waals surface area (Å²) in [5, 5.41) is 6.97. The molecule has 5 rings (SSSR count). The number of methoxy groups -OCH3 is 2. The zero-order chi connectivity index (χ0) is 27.4. The molecule has 0 saturated carbocycles. The summed E-state index contributed by atoms with van der Waals surface area (Å²) in [4.78, 5) is 0. The van der Waals surface area contributed by atoms with Gasteiger partial charge in [0.2, 0.25) is 0 Å². The molecule has 0 N–H and O–H groups in total. The summed E-state index contributed by atoms with van der Waals surface area (Å²) in [6, 6.07) is 14.5. The smallest absolute Gasteiger partial charge is 0.177 e. The molecule has 0 aliphatic carbocycles. The normalized spacial score (nSPS) is 12.1. The number of halogens is 1. The average molecular weight is 523 g/mol. The van der Waals surface area contributed by atoms with E-state index in [1.807, 2.05) is 33.8 Å². The van der Waals surface area contributed by atoms with Crippen LogP contribution in [0.5, 0.6) is 0 Å². The maximum absolute atomic E-state index is 14.4. The maximum Gasteiger partial charge on any atom is 0.177 e. The molecule has 0 aliphatic rings. The number of hydrogen-bond donors (Lipinski definition) is 0. The van der Waals surface area contributed by atoms with Gasteiger partial charge in [-0.25, -0.2) is 0 Å². The quantitative estimate of drug-likeness (QED) is 0.171. The highest BCUT2D eigenvalue weighted by atomic mass is 32.1. The molecular formula is C34H31FO2S. The Morgan fingerprint density at radius 3 is 1.58 bits per heavy atom. The van der Waals surface area contributed by atoms with Gasteiger partial charge in [0, 0.05) is 35.4 Å². The molecule has 1 aromatic heterocycles. The summed E-state index contributed by atoms with van der Waals surface area (Å²) in [5.74, 6) is 13.6. The van der Waals surface area contributed by atoms with Crippen molar-refractivity contribution < 1.29 is 13.9 Å². The summed E-state index contributed by atoms with van der Waals surface area (Å²) in [5.41, 5.74) is 2.95. The van der Waals surface area contributed by atoms with Crippen molar-refractivity contribution in [3.8, 4) is 23.7 Å². The van der Waals surface area contributed by atoms with Crippen molar-refractivity contribution in [2.24, 2.45) is 0 Å². The average Bonchev–Trinajstić information content (AvgIpc) is 3.25.